The number of nitrogens with zero attached hydrogens (tertiary/aromatic N) is 2. The van der Waals surface area contributed by atoms with Crippen molar-refractivity contribution >= 4 is 16.6 Å². The van der Waals surface area contributed by atoms with Gasteiger partial charge in [0.2, 0.25) is 0 Å². The van der Waals surface area contributed by atoms with Crippen LogP contribution in [0, 0.1) is 0 Å². The van der Waals surface area contributed by atoms with Gasteiger partial charge in [0.25, 0.3) is 0 Å². The second kappa shape index (κ2) is 5.28. The van der Waals surface area contributed by atoms with E-state index in [1.165, 1.54) is 23.0 Å². The van der Waals surface area contributed by atoms with Crippen molar-refractivity contribution in [3.05, 3.63) is 36.0 Å². The summed E-state index contributed by atoms with van der Waals surface area (Å²) >= 11 is 0. The van der Waals surface area contributed by atoms with Gasteiger partial charge in [0.1, 0.15) is 5.82 Å². The molecule has 0 fully saturated rings. The largest absolute Gasteiger partial charge is 0.416 e. The molecule has 1 unspecified atom stereocenters. The predicted octanol–water partition coefficient (Wildman–Crippen LogP) is 2.60. The Morgan fingerprint density at radius 2 is 2.05 bits per heavy atom. The predicted molar refractivity (Wildman–Crippen MR) is 69.9 cm³/mol. The lowest BCUT2D eigenvalue weighted by molar-refractivity contribution is -0.137. The zero-order valence-electron chi connectivity index (χ0n) is 10.5. The van der Waals surface area contributed by atoms with Crippen LogP contribution in [0.1, 0.15) is 12.5 Å². The number of nitrogens with two attached hydrogens (primary N) is 1. The average Bonchev–Trinajstić information content (AvgIpc) is 2.82. The van der Waals surface area contributed by atoms with Gasteiger partial charge in [-0.1, -0.05) is 6.92 Å². The van der Waals surface area contributed by atoms with Crippen molar-refractivity contribution in [2.24, 2.45) is 0 Å². The van der Waals surface area contributed by atoms with E-state index in [0.29, 0.717) is 5.69 Å². The fraction of sp³-hybridized carbons (Fsp3) is 0.250. The molecule has 1 aromatic heterocycles. The Balaban J connectivity index is 2.64. The molecule has 2 N–H and O–H groups in total. The van der Waals surface area contributed by atoms with Crippen LogP contribution in [0.25, 0.3) is 5.69 Å². The Morgan fingerprint density at radius 1 is 1.35 bits per heavy atom. The summed E-state index contributed by atoms with van der Waals surface area (Å²) < 4.78 is 51.5. The number of halogens is 3. The van der Waals surface area contributed by atoms with Gasteiger partial charge in [0.05, 0.1) is 33.1 Å². The number of hydrogen-bond donors (Lipinski definition) is 1. The van der Waals surface area contributed by atoms with Crippen LogP contribution in [0.4, 0.5) is 19.0 Å². The van der Waals surface area contributed by atoms with Crippen LogP contribution < -0.4 is 5.73 Å². The van der Waals surface area contributed by atoms with Crippen LogP contribution in [0.5, 0.6) is 0 Å². The van der Waals surface area contributed by atoms with Crippen LogP contribution in [-0.2, 0) is 17.0 Å². The van der Waals surface area contributed by atoms with Crippen molar-refractivity contribution in [3.63, 3.8) is 0 Å². The molecule has 0 aliphatic carbocycles. The molecule has 108 valence electrons. The van der Waals surface area contributed by atoms with E-state index in [-0.39, 0.29) is 16.5 Å². The molecule has 0 amide bonds. The second-order valence-corrected chi connectivity index (χ2v) is 5.69. The highest BCUT2D eigenvalue weighted by Gasteiger charge is 2.31. The van der Waals surface area contributed by atoms with E-state index in [1.807, 2.05) is 0 Å². The Bertz CT molecular complexity index is 652. The molecular weight excluding hydrogens is 291 g/mol. The van der Waals surface area contributed by atoms with Crippen molar-refractivity contribution in [3.8, 4) is 5.69 Å². The van der Waals surface area contributed by atoms with Crippen molar-refractivity contribution < 1.29 is 17.4 Å². The monoisotopic (exact) mass is 303 g/mol. The van der Waals surface area contributed by atoms with Gasteiger partial charge in [-0.2, -0.15) is 18.3 Å². The zero-order chi connectivity index (χ0) is 14.9. The SMILES string of the molecule is CCS(=O)c1cc(C(F)(F)F)ccc1-n1nccc1N. The molecule has 0 radical (unpaired) electrons. The molecule has 0 aliphatic heterocycles. The molecule has 1 atom stereocenters. The van der Waals surface area contributed by atoms with E-state index in [2.05, 4.69) is 5.10 Å². The van der Waals surface area contributed by atoms with Gasteiger partial charge in [-0.3, -0.25) is 4.21 Å². The molecule has 1 aromatic carbocycles. The summed E-state index contributed by atoms with van der Waals surface area (Å²) in [6.45, 7) is 1.63. The Kier molecular flexibility index (Phi) is 3.85. The first-order valence-electron chi connectivity index (χ1n) is 5.74. The Hall–Kier alpha value is -1.83. The number of rotatable bonds is 3. The fourth-order valence-electron chi connectivity index (χ4n) is 1.72. The van der Waals surface area contributed by atoms with E-state index in [1.54, 1.807) is 6.92 Å². The molecule has 8 heteroatoms. The van der Waals surface area contributed by atoms with E-state index >= 15 is 0 Å². The van der Waals surface area contributed by atoms with E-state index < -0.39 is 22.5 Å². The van der Waals surface area contributed by atoms with E-state index in [0.717, 1.165) is 12.1 Å². The lowest BCUT2D eigenvalue weighted by atomic mass is 10.2. The summed E-state index contributed by atoms with van der Waals surface area (Å²) in [4.78, 5) is 0.0673. The first-order chi connectivity index (χ1) is 9.34. The van der Waals surface area contributed by atoms with Gasteiger partial charge in [-0.05, 0) is 18.2 Å². The normalized spacial score (nSPS) is 13.4. The molecule has 0 saturated carbocycles. The Morgan fingerprint density at radius 3 is 2.55 bits per heavy atom. The summed E-state index contributed by atoms with van der Waals surface area (Å²) in [5.41, 5.74) is 5.13. The number of benzene rings is 1. The number of hydrogen-bond acceptors (Lipinski definition) is 3. The maximum atomic E-state index is 12.7. The van der Waals surface area contributed by atoms with Gasteiger partial charge in [0.15, 0.2) is 0 Å². The quantitative estimate of drug-likeness (QED) is 0.948. The zero-order valence-corrected chi connectivity index (χ0v) is 11.3. The van der Waals surface area contributed by atoms with Gasteiger partial charge in [-0.25, -0.2) is 4.68 Å². The van der Waals surface area contributed by atoms with Crippen LogP contribution in [-0.4, -0.2) is 19.7 Å². The average molecular weight is 303 g/mol. The summed E-state index contributed by atoms with van der Waals surface area (Å²) in [5, 5.41) is 3.93. The summed E-state index contributed by atoms with van der Waals surface area (Å²) in [7, 11) is -1.56. The number of nitrogen functional groups attached to an aromatic ring is 1. The maximum absolute atomic E-state index is 12.7. The molecule has 4 nitrogen and oxygen atoms in total. The van der Waals surface area contributed by atoms with Crippen LogP contribution in [0.15, 0.2) is 35.4 Å². The molecule has 0 saturated heterocycles. The fourth-order valence-corrected chi connectivity index (χ4v) is 2.68. The van der Waals surface area contributed by atoms with Crippen molar-refractivity contribution in [1.82, 2.24) is 9.78 Å². The highest BCUT2D eigenvalue weighted by atomic mass is 32.2. The minimum Gasteiger partial charge on any atom is -0.384 e. The summed E-state index contributed by atoms with van der Waals surface area (Å²) in [6.07, 6.45) is -3.06. The minimum atomic E-state index is -4.49. The lowest BCUT2D eigenvalue weighted by Crippen LogP contribution is -2.11. The molecular formula is C12H12F3N3OS. The number of aromatic nitrogens is 2. The smallest absolute Gasteiger partial charge is 0.384 e. The van der Waals surface area contributed by atoms with Gasteiger partial charge in [0, 0.05) is 11.8 Å². The summed E-state index contributed by atoms with van der Waals surface area (Å²) in [6, 6.07) is 4.55. The van der Waals surface area contributed by atoms with Gasteiger partial charge in [-0.15, -0.1) is 0 Å². The van der Waals surface area contributed by atoms with E-state index in [9.17, 15) is 17.4 Å². The van der Waals surface area contributed by atoms with E-state index in [4.69, 9.17) is 5.73 Å². The Labute approximate surface area is 115 Å². The van der Waals surface area contributed by atoms with Gasteiger partial charge >= 0.3 is 6.18 Å². The highest BCUT2D eigenvalue weighted by Crippen LogP contribution is 2.32. The van der Waals surface area contributed by atoms with Gasteiger partial charge < -0.3 is 5.73 Å². The highest BCUT2D eigenvalue weighted by molar-refractivity contribution is 7.85. The third-order valence-electron chi connectivity index (χ3n) is 2.69. The minimum absolute atomic E-state index is 0.0673. The molecule has 2 aromatic rings. The number of alkyl halides is 3. The first-order valence-corrected chi connectivity index (χ1v) is 7.06. The first kappa shape index (κ1) is 14.6. The molecule has 0 spiro atoms. The third kappa shape index (κ3) is 2.69. The standard InChI is InChI=1S/C12H12F3N3OS/c1-2-20(19)10-7-8(12(13,14)15)3-4-9(10)18-11(16)5-6-17-18/h3-7H,2,16H2,1H3. The molecule has 2 rings (SSSR count). The van der Waals surface area contributed by atoms with Crippen LogP contribution in [0.3, 0.4) is 0 Å². The van der Waals surface area contributed by atoms with Crippen molar-refractivity contribution in [2.45, 2.75) is 18.0 Å². The van der Waals surface area contributed by atoms with Crippen molar-refractivity contribution in [2.75, 3.05) is 11.5 Å². The topological polar surface area (TPSA) is 60.9 Å². The second-order valence-electron chi connectivity index (χ2n) is 3.98. The van der Waals surface area contributed by atoms with Crippen molar-refractivity contribution in [1.29, 1.82) is 0 Å². The molecule has 0 aliphatic rings. The molecule has 20 heavy (non-hydrogen) atoms. The van der Waals surface area contributed by atoms with Crippen LogP contribution >= 0.6 is 0 Å². The third-order valence-corrected chi connectivity index (χ3v) is 4.04. The van der Waals surface area contributed by atoms with Crippen LogP contribution in [0.2, 0.25) is 0 Å². The summed E-state index contributed by atoms with van der Waals surface area (Å²) in [5.74, 6) is 0.467. The number of anilines is 1. The molecule has 1 heterocycles. The lowest BCUT2D eigenvalue weighted by Gasteiger charge is -2.13. The molecule has 0 bridgehead atoms. The maximum Gasteiger partial charge on any atom is 0.416 e.